The zero-order valence-electron chi connectivity index (χ0n) is 21.7. The second kappa shape index (κ2) is 12.0. The summed E-state index contributed by atoms with van der Waals surface area (Å²) in [6.45, 7) is 0. The summed E-state index contributed by atoms with van der Waals surface area (Å²) in [7, 11) is 0. The van der Waals surface area contributed by atoms with Gasteiger partial charge in [-0.25, -0.2) is 0 Å². The third-order valence-corrected chi connectivity index (χ3v) is 7.73. The lowest BCUT2D eigenvalue weighted by molar-refractivity contribution is 1.28. The Morgan fingerprint density at radius 1 is 0.300 bits per heavy atom. The van der Waals surface area contributed by atoms with Gasteiger partial charge in [0.15, 0.2) is 0 Å². The van der Waals surface area contributed by atoms with Crippen molar-refractivity contribution in [3.05, 3.63) is 167 Å². The Balaban J connectivity index is 1.32. The van der Waals surface area contributed by atoms with Crippen LogP contribution in [0, 0.1) is 0 Å². The third kappa shape index (κ3) is 5.74. The molecule has 0 saturated heterocycles. The molecular weight excluding hydrogens is 620 g/mol. The fourth-order valence-corrected chi connectivity index (χ4v) is 5.66. The molecular formula is C36H26Br2N2. The average molecular weight is 646 g/mol. The number of anilines is 6. The predicted octanol–water partition coefficient (Wildman–Crippen LogP) is 11.8. The topological polar surface area (TPSA) is 6.48 Å². The van der Waals surface area contributed by atoms with E-state index < -0.39 is 0 Å². The van der Waals surface area contributed by atoms with Crippen molar-refractivity contribution >= 4 is 66.0 Å². The van der Waals surface area contributed by atoms with Crippen molar-refractivity contribution in [3.8, 4) is 11.1 Å². The van der Waals surface area contributed by atoms with E-state index in [0.29, 0.717) is 0 Å². The van der Waals surface area contributed by atoms with E-state index in [2.05, 4.69) is 187 Å². The van der Waals surface area contributed by atoms with Crippen LogP contribution < -0.4 is 9.80 Å². The molecule has 0 radical (unpaired) electrons. The number of rotatable bonds is 7. The molecule has 0 aliphatic rings. The van der Waals surface area contributed by atoms with Crippen LogP contribution in [0.5, 0.6) is 0 Å². The fraction of sp³-hybridized carbons (Fsp3) is 0. The average Bonchev–Trinajstić information content (AvgIpc) is 3.00. The first-order valence-electron chi connectivity index (χ1n) is 13.1. The molecule has 6 aromatic rings. The second-order valence-electron chi connectivity index (χ2n) is 9.40. The molecule has 40 heavy (non-hydrogen) atoms. The SMILES string of the molecule is Brc1cccc(N(c2ccccc2)c2ccc(-c3ccc(N(c4ccccc4)c4cccc(Br)c4)cc3)cc2)c1. The molecule has 6 aromatic carbocycles. The van der Waals surface area contributed by atoms with Crippen LogP contribution in [0.2, 0.25) is 0 Å². The minimum absolute atomic E-state index is 1.05. The van der Waals surface area contributed by atoms with Gasteiger partial charge in [-0.1, -0.05) is 105 Å². The number of hydrogen-bond acceptors (Lipinski definition) is 2. The summed E-state index contributed by atoms with van der Waals surface area (Å²) < 4.78 is 2.10. The molecule has 0 atom stereocenters. The van der Waals surface area contributed by atoms with E-state index in [4.69, 9.17) is 0 Å². The van der Waals surface area contributed by atoms with Crippen LogP contribution in [0.4, 0.5) is 34.1 Å². The normalized spacial score (nSPS) is 10.8. The molecule has 0 aliphatic heterocycles. The molecule has 0 saturated carbocycles. The Kier molecular flexibility index (Phi) is 7.80. The van der Waals surface area contributed by atoms with Crippen molar-refractivity contribution in [3.63, 3.8) is 0 Å². The maximum absolute atomic E-state index is 3.63. The highest BCUT2D eigenvalue weighted by Crippen LogP contribution is 2.38. The van der Waals surface area contributed by atoms with Gasteiger partial charge in [-0.05, 0) is 96.1 Å². The highest BCUT2D eigenvalue weighted by Gasteiger charge is 2.14. The van der Waals surface area contributed by atoms with E-state index in [1.807, 2.05) is 12.1 Å². The van der Waals surface area contributed by atoms with E-state index >= 15 is 0 Å². The first-order chi connectivity index (χ1) is 19.7. The van der Waals surface area contributed by atoms with Gasteiger partial charge in [0.1, 0.15) is 0 Å². The minimum atomic E-state index is 1.05. The van der Waals surface area contributed by atoms with Gasteiger partial charge in [0.05, 0.1) is 0 Å². The maximum atomic E-state index is 3.63. The first-order valence-corrected chi connectivity index (χ1v) is 14.7. The van der Waals surface area contributed by atoms with Gasteiger partial charge in [0.25, 0.3) is 0 Å². The van der Waals surface area contributed by atoms with Crippen molar-refractivity contribution in [2.24, 2.45) is 0 Å². The van der Waals surface area contributed by atoms with Crippen molar-refractivity contribution in [2.45, 2.75) is 0 Å². The molecule has 0 N–H and O–H groups in total. The predicted molar refractivity (Wildman–Crippen MR) is 177 cm³/mol. The molecule has 0 heterocycles. The number of hydrogen-bond donors (Lipinski definition) is 0. The van der Waals surface area contributed by atoms with Crippen LogP contribution in [0.3, 0.4) is 0 Å². The lowest BCUT2D eigenvalue weighted by Crippen LogP contribution is -2.10. The van der Waals surface area contributed by atoms with Gasteiger partial charge < -0.3 is 9.80 Å². The Bertz CT molecular complexity index is 1570. The Morgan fingerprint density at radius 2 is 0.625 bits per heavy atom. The number of benzene rings is 6. The van der Waals surface area contributed by atoms with Crippen molar-refractivity contribution < 1.29 is 0 Å². The van der Waals surface area contributed by atoms with Crippen LogP contribution in [-0.2, 0) is 0 Å². The Morgan fingerprint density at radius 3 is 0.975 bits per heavy atom. The zero-order chi connectivity index (χ0) is 27.3. The summed E-state index contributed by atoms with van der Waals surface area (Å²) in [5.41, 5.74) is 9.00. The fourth-order valence-electron chi connectivity index (χ4n) is 4.88. The van der Waals surface area contributed by atoms with Crippen LogP contribution in [0.15, 0.2) is 167 Å². The molecule has 4 heteroatoms. The first kappa shape index (κ1) is 26.1. The summed E-state index contributed by atoms with van der Waals surface area (Å²) >= 11 is 7.27. The second-order valence-corrected chi connectivity index (χ2v) is 11.2. The molecule has 194 valence electrons. The van der Waals surface area contributed by atoms with E-state index in [-0.39, 0.29) is 0 Å². The quantitative estimate of drug-likeness (QED) is 0.170. The van der Waals surface area contributed by atoms with Gasteiger partial charge >= 0.3 is 0 Å². The van der Waals surface area contributed by atoms with Crippen molar-refractivity contribution in [1.82, 2.24) is 0 Å². The summed E-state index contributed by atoms with van der Waals surface area (Å²) in [6.07, 6.45) is 0. The summed E-state index contributed by atoms with van der Waals surface area (Å²) in [5.74, 6) is 0. The van der Waals surface area contributed by atoms with Gasteiger partial charge in [0.2, 0.25) is 0 Å². The highest BCUT2D eigenvalue weighted by molar-refractivity contribution is 9.10. The molecule has 0 spiro atoms. The monoisotopic (exact) mass is 644 g/mol. The van der Waals surface area contributed by atoms with Gasteiger partial charge in [0, 0.05) is 43.1 Å². The van der Waals surface area contributed by atoms with E-state index in [9.17, 15) is 0 Å². The Hall–Kier alpha value is -4.12. The highest BCUT2D eigenvalue weighted by atomic mass is 79.9. The molecule has 0 unspecified atom stereocenters. The smallest absolute Gasteiger partial charge is 0.0472 e. The molecule has 0 bridgehead atoms. The number of nitrogens with zero attached hydrogens (tertiary/aromatic N) is 2. The van der Waals surface area contributed by atoms with Gasteiger partial charge in [-0.2, -0.15) is 0 Å². The molecule has 0 amide bonds. The molecule has 2 nitrogen and oxygen atoms in total. The minimum Gasteiger partial charge on any atom is -0.310 e. The molecule has 0 fully saturated rings. The molecule has 6 rings (SSSR count). The lowest BCUT2D eigenvalue weighted by atomic mass is 10.0. The zero-order valence-corrected chi connectivity index (χ0v) is 24.8. The number of para-hydroxylation sites is 2. The van der Waals surface area contributed by atoms with Crippen LogP contribution in [-0.4, -0.2) is 0 Å². The van der Waals surface area contributed by atoms with Crippen molar-refractivity contribution in [2.75, 3.05) is 9.80 Å². The van der Waals surface area contributed by atoms with E-state index in [0.717, 1.165) is 43.1 Å². The standard InChI is InChI=1S/C36H26Br2N2/c37-29-9-7-15-35(25-29)39(31-11-3-1-4-12-31)33-21-17-27(18-22-33)28-19-23-34(24-20-28)40(32-13-5-2-6-14-32)36-16-8-10-30(38)26-36/h1-26H. The molecule has 0 aliphatic carbocycles. The van der Waals surface area contributed by atoms with Gasteiger partial charge in [-0.15, -0.1) is 0 Å². The van der Waals surface area contributed by atoms with Gasteiger partial charge in [-0.3, -0.25) is 0 Å². The molecule has 0 aromatic heterocycles. The largest absolute Gasteiger partial charge is 0.310 e. The van der Waals surface area contributed by atoms with Crippen LogP contribution in [0.1, 0.15) is 0 Å². The van der Waals surface area contributed by atoms with Crippen LogP contribution in [0.25, 0.3) is 11.1 Å². The lowest BCUT2D eigenvalue weighted by Gasteiger charge is -2.26. The van der Waals surface area contributed by atoms with Crippen molar-refractivity contribution in [1.29, 1.82) is 0 Å². The number of halogens is 2. The van der Waals surface area contributed by atoms with E-state index in [1.54, 1.807) is 0 Å². The van der Waals surface area contributed by atoms with Crippen LogP contribution >= 0.6 is 31.9 Å². The maximum Gasteiger partial charge on any atom is 0.0472 e. The Labute approximate surface area is 252 Å². The summed E-state index contributed by atoms with van der Waals surface area (Å²) in [6, 6.07) is 55.3. The summed E-state index contributed by atoms with van der Waals surface area (Å²) in [4.78, 5) is 4.54. The van der Waals surface area contributed by atoms with E-state index in [1.165, 1.54) is 11.1 Å². The summed E-state index contributed by atoms with van der Waals surface area (Å²) in [5, 5.41) is 0. The third-order valence-electron chi connectivity index (χ3n) is 6.75.